The zero-order valence-corrected chi connectivity index (χ0v) is 10.3. The van der Waals surface area contributed by atoms with Crippen LogP contribution in [0.4, 0.5) is 13.2 Å². The van der Waals surface area contributed by atoms with Gasteiger partial charge in [0.2, 0.25) is 0 Å². The number of nitrogens with one attached hydrogen (secondary N) is 1. The van der Waals surface area contributed by atoms with Crippen molar-refractivity contribution in [3.05, 3.63) is 29.8 Å². The Labute approximate surface area is 109 Å². The highest BCUT2D eigenvalue weighted by molar-refractivity contribution is 5.28. The third-order valence-electron chi connectivity index (χ3n) is 3.14. The fourth-order valence-corrected chi connectivity index (χ4v) is 2.29. The lowest BCUT2D eigenvalue weighted by Crippen LogP contribution is -2.47. The van der Waals surface area contributed by atoms with Gasteiger partial charge in [-0.3, -0.25) is 0 Å². The van der Waals surface area contributed by atoms with Gasteiger partial charge in [-0.25, -0.2) is 0 Å². The van der Waals surface area contributed by atoms with Gasteiger partial charge in [-0.1, -0.05) is 12.1 Å². The molecule has 1 heterocycles. The second-order valence-corrected chi connectivity index (χ2v) is 4.87. The molecule has 0 spiro atoms. The largest absolute Gasteiger partial charge is 0.573 e. The molecule has 1 aliphatic heterocycles. The number of piperidine rings is 1. The monoisotopic (exact) mass is 275 g/mol. The SMILES string of the molecule is OC1(Cc2ccc(OC(F)(F)F)cc2)CCCNC1. The summed E-state index contributed by atoms with van der Waals surface area (Å²) in [4.78, 5) is 0. The molecule has 0 aliphatic carbocycles. The van der Waals surface area contributed by atoms with E-state index in [0.717, 1.165) is 18.5 Å². The smallest absolute Gasteiger partial charge is 0.406 e. The van der Waals surface area contributed by atoms with Crippen molar-refractivity contribution >= 4 is 0 Å². The number of hydrogen-bond donors (Lipinski definition) is 2. The van der Waals surface area contributed by atoms with E-state index in [1.807, 2.05) is 0 Å². The van der Waals surface area contributed by atoms with E-state index in [4.69, 9.17) is 0 Å². The Morgan fingerprint density at radius 2 is 1.95 bits per heavy atom. The van der Waals surface area contributed by atoms with Gasteiger partial charge in [-0.15, -0.1) is 13.2 Å². The minimum atomic E-state index is -4.67. The van der Waals surface area contributed by atoms with Gasteiger partial charge in [0, 0.05) is 13.0 Å². The van der Waals surface area contributed by atoms with Crippen LogP contribution in [-0.2, 0) is 6.42 Å². The van der Waals surface area contributed by atoms with Gasteiger partial charge in [-0.05, 0) is 37.1 Å². The molecule has 2 N–H and O–H groups in total. The molecule has 0 amide bonds. The molecule has 3 nitrogen and oxygen atoms in total. The second-order valence-electron chi connectivity index (χ2n) is 4.87. The first kappa shape index (κ1) is 14.1. The van der Waals surface area contributed by atoms with Gasteiger partial charge >= 0.3 is 6.36 Å². The maximum atomic E-state index is 12.0. The van der Waals surface area contributed by atoms with E-state index in [9.17, 15) is 18.3 Å². The van der Waals surface area contributed by atoms with Crippen LogP contribution in [-0.4, -0.2) is 30.2 Å². The first-order valence-electron chi connectivity index (χ1n) is 6.14. The Morgan fingerprint density at radius 1 is 1.26 bits per heavy atom. The number of aliphatic hydroxyl groups is 1. The fraction of sp³-hybridized carbons (Fsp3) is 0.538. The first-order valence-corrected chi connectivity index (χ1v) is 6.14. The van der Waals surface area contributed by atoms with Crippen molar-refractivity contribution < 1.29 is 23.0 Å². The predicted octanol–water partition coefficient (Wildman–Crippen LogP) is 2.24. The highest BCUT2D eigenvalue weighted by atomic mass is 19.4. The van der Waals surface area contributed by atoms with Gasteiger partial charge in [0.1, 0.15) is 5.75 Å². The molecule has 1 aromatic rings. The first-order chi connectivity index (χ1) is 8.86. The molecule has 6 heteroatoms. The Morgan fingerprint density at radius 3 is 2.47 bits per heavy atom. The number of β-amino-alcohol motifs (C(OH)–C–C–N with tert-alkyl or cyclic N) is 1. The third kappa shape index (κ3) is 4.40. The van der Waals surface area contributed by atoms with Crippen LogP contribution in [0.5, 0.6) is 5.75 Å². The highest BCUT2D eigenvalue weighted by Crippen LogP contribution is 2.25. The molecule has 106 valence electrons. The van der Waals surface area contributed by atoms with E-state index in [0.29, 0.717) is 19.4 Å². The fourth-order valence-electron chi connectivity index (χ4n) is 2.29. The number of rotatable bonds is 3. The molecule has 0 bridgehead atoms. The van der Waals surface area contributed by atoms with Crippen LogP contribution in [0.3, 0.4) is 0 Å². The highest BCUT2D eigenvalue weighted by Gasteiger charge is 2.31. The van der Waals surface area contributed by atoms with Gasteiger partial charge in [-0.2, -0.15) is 0 Å². The predicted molar refractivity (Wildman–Crippen MR) is 63.9 cm³/mol. The lowest BCUT2D eigenvalue weighted by Gasteiger charge is -2.32. The van der Waals surface area contributed by atoms with Crippen LogP contribution in [0, 0.1) is 0 Å². The normalized spacial score (nSPS) is 24.2. The minimum Gasteiger partial charge on any atom is -0.406 e. The molecule has 0 saturated carbocycles. The Kier molecular flexibility index (Phi) is 4.01. The summed E-state index contributed by atoms with van der Waals surface area (Å²) in [6, 6.07) is 5.63. The lowest BCUT2D eigenvalue weighted by molar-refractivity contribution is -0.274. The Balaban J connectivity index is 1.98. The maximum absolute atomic E-state index is 12.0. The van der Waals surface area contributed by atoms with Gasteiger partial charge < -0.3 is 15.2 Å². The zero-order valence-electron chi connectivity index (χ0n) is 10.3. The van der Waals surface area contributed by atoms with Crippen molar-refractivity contribution in [3.8, 4) is 5.75 Å². The molecule has 2 rings (SSSR count). The summed E-state index contributed by atoms with van der Waals surface area (Å²) in [6.07, 6.45) is -2.66. The van der Waals surface area contributed by atoms with Crippen molar-refractivity contribution in [2.75, 3.05) is 13.1 Å². The summed E-state index contributed by atoms with van der Waals surface area (Å²) >= 11 is 0. The van der Waals surface area contributed by atoms with E-state index in [2.05, 4.69) is 10.1 Å². The van der Waals surface area contributed by atoms with Gasteiger partial charge in [0.25, 0.3) is 0 Å². The molecule has 0 radical (unpaired) electrons. The Bertz CT molecular complexity index is 411. The van der Waals surface area contributed by atoms with Gasteiger partial charge in [0.05, 0.1) is 5.60 Å². The maximum Gasteiger partial charge on any atom is 0.573 e. The summed E-state index contributed by atoms with van der Waals surface area (Å²) in [7, 11) is 0. The van der Waals surface area contributed by atoms with E-state index >= 15 is 0 Å². The standard InChI is InChI=1S/C13H16F3NO2/c14-13(15,16)19-11-4-2-10(3-5-11)8-12(18)6-1-7-17-9-12/h2-5,17-18H,1,6-9H2. The topological polar surface area (TPSA) is 41.5 Å². The molecule has 1 saturated heterocycles. The summed E-state index contributed by atoms with van der Waals surface area (Å²) in [5.41, 5.74) is -0.0225. The molecule has 1 unspecified atom stereocenters. The number of hydrogen-bond acceptors (Lipinski definition) is 3. The third-order valence-corrected chi connectivity index (χ3v) is 3.14. The van der Waals surface area contributed by atoms with Crippen molar-refractivity contribution in [2.45, 2.75) is 31.2 Å². The van der Waals surface area contributed by atoms with Crippen LogP contribution in [0.15, 0.2) is 24.3 Å². The van der Waals surface area contributed by atoms with Crippen LogP contribution < -0.4 is 10.1 Å². The number of alkyl halides is 3. The summed E-state index contributed by atoms with van der Waals surface area (Å²) in [5, 5.41) is 13.4. The molecule has 1 atom stereocenters. The van der Waals surface area contributed by atoms with E-state index < -0.39 is 12.0 Å². The Hall–Kier alpha value is -1.27. The van der Waals surface area contributed by atoms with Crippen molar-refractivity contribution in [3.63, 3.8) is 0 Å². The zero-order chi connectivity index (χ0) is 13.9. The number of ether oxygens (including phenoxy) is 1. The molecular weight excluding hydrogens is 259 g/mol. The van der Waals surface area contributed by atoms with Crippen LogP contribution in [0.1, 0.15) is 18.4 Å². The molecular formula is C13H16F3NO2. The van der Waals surface area contributed by atoms with Crippen molar-refractivity contribution in [1.29, 1.82) is 0 Å². The van der Waals surface area contributed by atoms with Crippen molar-refractivity contribution in [1.82, 2.24) is 5.32 Å². The number of halogens is 3. The van der Waals surface area contributed by atoms with E-state index in [-0.39, 0.29) is 5.75 Å². The second kappa shape index (κ2) is 5.38. The average molecular weight is 275 g/mol. The number of benzene rings is 1. The van der Waals surface area contributed by atoms with Crippen LogP contribution in [0.25, 0.3) is 0 Å². The van der Waals surface area contributed by atoms with E-state index in [1.54, 1.807) is 12.1 Å². The van der Waals surface area contributed by atoms with Crippen molar-refractivity contribution in [2.24, 2.45) is 0 Å². The molecule has 1 aromatic carbocycles. The minimum absolute atomic E-state index is 0.245. The van der Waals surface area contributed by atoms with E-state index in [1.165, 1.54) is 12.1 Å². The summed E-state index contributed by atoms with van der Waals surface area (Å²) in [5.74, 6) is -0.245. The quantitative estimate of drug-likeness (QED) is 0.889. The molecule has 0 aromatic heterocycles. The molecule has 19 heavy (non-hydrogen) atoms. The summed E-state index contributed by atoms with van der Waals surface area (Å²) < 4.78 is 39.8. The average Bonchev–Trinajstić information content (AvgIpc) is 2.30. The lowest BCUT2D eigenvalue weighted by atomic mass is 9.87. The molecule has 1 fully saturated rings. The summed E-state index contributed by atoms with van der Waals surface area (Å²) in [6.45, 7) is 1.40. The van der Waals surface area contributed by atoms with Crippen LogP contribution in [0.2, 0.25) is 0 Å². The van der Waals surface area contributed by atoms with Crippen LogP contribution >= 0.6 is 0 Å². The molecule has 1 aliphatic rings. The van der Waals surface area contributed by atoms with Gasteiger partial charge in [0.15, 0.2) is 0 Å².